The standard InChI is InChI=1S/C27H36N5O8P/c1-3-40-27(35)31-13-11-30(12-14-31)26(34)24(18-41(36,37)38)29-25(33)23-16-20(32-10-9-21(17-32)39-2)15-22(28-23)19-7-5-4-6-8-19/h4-8,15-16,21,24H,3,9-14,17-18H2,1-2H3,(H,29,33)(H2,36,37,38)/t21-,24+/m0/s1. The second kappa shape index (κ2) is 13.4. The van der Waals surface area contributed by atoms with Crippen LogP contribution in [0, 0.1) is 0 Å². The molecule has 14 heteroatoms. The summed E-state index contributed by atoms with van der Waals surface area (Å²) in [6.45, 7) is 3.93. The molecule has 13 nitrogen and oxygen atoms in total. The summed E-state index contributed by atoms with van der Waals surface area (Å²) in [5, 5.41) is 2.52. The largest absolute Gasteiger partial charge is 0.450 e. The van der Waals surface area contributed by atoms with Crippen LogP contribution < -0.4 is 10.2 Å². The quantitative estimate of drug-likeness (QED) is 0.366. The molecule has 1 aromatic carbocycles. The molecule has 2 aliphatic heterocycles. The molecule has 0 radical (unpaired) electrons. The lowest BCUT2D eigenvalue weighted by Crippen LogP contribution is -2.56. The van der Waals surface area contributed by atoms with Gasteiger partial charge in [0.15, 0.2) is 0 Å². The van der Waals surface area contributed by atoms with Crippen LogP contribution in [0.4, 0.5) is 10.5 Å². The van der Waals surface area contributed by atoms with Gasteiger partial charge in [-0.25, -0.2) is 9.78 Å². The van der Waals surface area contributed by atoms with Gasteiger partial charge in [0, 0.05) is 57.6 Å². The van der Waals surface area contributed by atoms with Crippen molar-refractivity contribution in [1.29, 1.82) is 0 Å². The van der Waals surface area contributed by atoms with Gasteiger partial charge in [-0.15, -0.1) is 0 Å². The summed E-state index contributed by atoms with van der Waals surface area (Å²) in [6.07, 6.45) is -0.490. The van der Waals surface area contributed by atoms with Crippen molar-refractivity contribution in [2.75, 3.05) is 64.0 Å². The SMILES string of the molecule is CCOC(=O)N1CCN(C(=O)[C@@H](CP(=O)(O)O)NC(=O)c2cc(N3CC[C@H](OC)C3)cc(-c3ccccc3)n2)CC1. The number of hydrogen-bond acceptors (Lipinski definition) is 8. The topological polar surface area (TPSA) is 162 Å². The summed E-state index contributed by atoms with van der Waals surface area (Å²) in [4.78, 5) is 67.7. The third kappa shape index (κ3) is 8.04. The number of pyridine rings is 1. The molecule has 2 atom stereocenters. The molecule has 3 heterocycles. The second-order valence-corrected chi connectivity index (χ2v) is 11.6. The number of amides is 3. The Morgan fingerprint density at radius 1 is 1.07 bits per heavy atom. The van der Waals surface area contributed by atoms with Crippen molar-refractivity contribution in [3.05, 3.63) is 48.2 Å². The van der Waals surface area contributed by atoms with Crippen LogP contribution in [0.25, 0.3) is 11.3 Å². The van der Waals surface area contributed by atoms with Crippen LogP contribution in [-0.2, 0) is 18.8 Å². The van der Waals surface area contributed by atoms with Gasteiger partial charge in [0.05, 0.1) is 24.6 Å². The van der Waals surface area contributed by atoms with Gasteiger partial charge in [0.2, 0.25) is 5.91 Å². The van der Waals surface area contributed by atoms with Crippen LogP contribution in [0.3, 0.4) is 0 Å². The molecule has 0 bridgehead atoms. The van der Waals surface area contributed by atoms with E-state index in [1.807, 2.05) is 36.4 Å². The number of ether oxygens (including phenoxy) is 2. The van der Waals surface area contributed by atoms with E-state index in [2.05, 4.69) is 15.2 Å². The third-order valence-corrected chi connectivity index (χ3v) is 7.94. The van der Waals surface area contributed by atoms with Gasteiger partial charge in [0.1, 0.15) is 11.7 Å². The average Bonchev–Trinajstić information content (AvgIpc) is 3.46. The number of anilines is 1. The number of nitrogens with one attached hydrogen (secondary N) is 1. The van der Waals surface area contributed by atoms with Crippen molar-refractivity contribution in [3.8, 4) is 11.3 Å². The lowest BCUT2D eigenvalue weighted by atomic mass is 10.1. The van der Waals surface area contributed by atoms with Crippen molar-refractivity contribution in [2.45, 2.75) is 25.5 Å². The van der Waals surface area contributed by atoms with E-state index < -0.39 is 37.7 Å². The number of aromatic nitrogens is 1. The molecule has 2 aromatic rings. The number of carbonyl (C=O) groups excluding carboxylic acids is 3. The predicted octanol–water partition coefficient (Wildman–Crippen LogP) is 1.55. The van der Waals surface area contributed by atoms with Gasteiger partial charge in [-0.3, -0.25) is 14.2 Å². The first kappa shape index (κ1) is 30.4. The second-order valence-electron chi connectivity index (χ2n) is 9.94. The summed E-state index contributed by atoms with van der Waals surface area (Å²) in [5.41, 5.74) is 2.09. The molecule has 222 valence electrons. The fourth-order valence-electron chi connectivity index (χ4n) is 4.93. The minimum Gasteiger partial charge on any atom is -0.450 e. The number of methoxy groups -OCH3 is 1. The van der Waals surface area contributed by atoms with Crippen molar-refractivity contribution >= 4 is 31.2 Å². The fourth-order valence-corrected chi connectivity index (χ4v) is 5.65. The van der Waals surface area contributed by atoms with Crippen LogP contribution in [0.5, 0.6) is 0 Å². The molecule has 41 heavy (non-hydrogen) atoms. The van der Waals surface area contributed by atoms with E-state index in [-0.39, 0.29) is 44.6 Å². The Bertz CT molecular complexity index is 1280. The number of carbonyl (C=O) groups is 3. The molecule has 0 spiro atoms. The van der Waals surface area contributed by atoms with Gasteiger partial charge in [-0.05, 0) is 25.5 Å². The van der Waals surface area contributed by atoms with Crippen molar-refractivity contribution in [3.63, 3.8) is 0 Å². The number of piperazine rings is 1. The number of hydrogen-bond donors (Lipinski definition) is 3. The summed E-state index contributed by atoms with van der Waals surface area (Å²) in [7, 11) is -3.04. The van der Waals surface area contributed by atoms with E-state index in [1.54, 1.807) is 20.1 Å². The van der Waals surface area contributed by atoms with Gasteiger partial charge in [-0.2, -0.15) is 0 Å². The zero-order valence-corrected chi connectivity index (χ0v) is 24.0. The van der Waals surface area contributed by atoms with Crippen LogP contribution >= 0.6 is 7.60 Å². The monoisotopic (exact) mass is 589 g/mol. The van der Waals surface area contributed by atoms with E-state index in [0.717, 1.165) is 24.2 Å². The van der Waals surface area contributed by atoms with Crippen molar-refractivity contribution in [1.82, 2.24) is 20.1 Å². The van der Waals surface area contributed by atoms with Gasteiger partial charge >= 0.3 is 13.7 Å². The molecular weight excluding hydrogens is 553 g/mol. The van der Waals surface area contributed by atoms with Gasteiger partial charge < -0.3 is 39.3 Å². The van der Waals surface area contributed by atoms with Crippen LogP contribution in [0.2, 0.25) is 0 Å². The lowest BCUT2D eigenvalue weighted by Gasteiger charge is -2.36. The number of nitrogens with zero attached hydrogens (tertiary/aromatic N) is 4. The van der Waals surface area contributed by atoms with Gasteiger partial charge in [0.25, 0.3) is 5.91 Å². The molecule has 1 aromatic heterocycles. The highest BCUT2D eigenvalue weighted by Gasteiger charge is 2.35. The van der Waals surface area contributed by atoms with Crippen LogP contribution in [-0.4, -0.2) is 114 Å². The normalized spacial score (nSPS) is 18.2. The first-order valence-corrected chi connectivity index (χ1v) is 15.3. The molecule has 4 rings (SSSR count). The molecule has 0 aliphatic carbocycles. The average molecular weight is 590 g/mol. The molecular formula is C27H36N5O8P. The highest BCUT2D eigenvalue weighted by atomic mass is 31.2. The zero-order valence-electron chi connectivity index (χ0n) is 23.1. The highest BCUT2D eigenvalue weighted by molar-refractivity contribution is 7.51. The van der Waals surface area contributed by atoms with Gasteiger partial charge in [-0.1, -0.05) is 30.3 Å². The Kier molecular flexibility index (Phi) is 9.98. The van der Waals surface area contributed by atoms with Crippen molar-refractivity contribution < 1.29 is 38.2 Å². The minimum atomic E-state index is -4.70. The molecule has 3 amide bonds. The first-order valence-electron chi connectivity index (χ1n) is 13.5. The maximum Gasteiger partial charge on any atom is 0.409 e. The van der Waals surface area contributed by atoms with Crippen molar-refractivity contribution in [2.24, 2.45) is 0 Å². The zero-order chi connectivity index (χ0) is 29.6. The van der Waals surface area contributed by atoms with E-state index in [1.165, 1.54) is 9.80 Å². The molecule has 2 fully saturated rings. The molecule has 0 unspecified atom stereocenters. The molecule has 3 N–H and O–H groups in total. The van der Waals surface area contributed by atoms with E-state index in [4.69, 9.17) is 9.47 Å². The molecule has 0 saturated carbocycles. The van der Waals surface area contributed by atoms with Crippen LogP contribution in [0.1, 0.15) is 23.8 Å². The Morgan fingerprint density at radius 3 is 2.37 bits per heavy atom. The maximum atomic E-state index is 13.5. The Labute approximate surface area is 238 Å². The fraction of sp³-hybridized carbons (Fsp3) is 0.481. The molecule has 2 aliphatic rings. The number of benzene rings is 1. The minimum absolute atomic E-state index is 0.0119. The van der Waals surface area contributed by atoms with E-state index >= 15 is 0 Å². The first-order chi connectivity index (χ1) is 19.6. The Hall–Kier alpha value is -3.51. The summed E-state index contributed by atoms with van der Waals surface area (Å²) < 4.78 is 22.4. The highest BCUT2D eigenvalue weighted by Crippen LogP contribution is 2.35. The van der Waals surface area contributed by atoms with E-state index in [0.29, 0.717) is 12.2 Å². The number of rotatable bonds is 9. The summed E-state index contributed by atoms with van der Waals surface area (Å²) in [5.74, 6) is -1.38. The predicted molar refractivity (Wildman–Crippen MR) is 151 cm³/mol. The summed E-state index contributed by atoms with van der Waals surface area (Å²) in [6, 6.07) is 11.3. The Balaban J connectivity index is 1.56. The lowest BCUT2D eigenvalue weighted by molar-refractivity contribution is -0.134. The maximum absolute atomic E-state index is 13.5. The molecule has 2 saturated heterocycles. The third-order valence-electron chi connectivity index (χ3n) is 7.10. The smallest absolute Gasteiger partial charge is 0.409 e. The van der Waals surface area contributed by atoms with E-state index in [9.17, 15) is 28.7 Å². The summed E-state index contributed by atoms with van der Waals surface area (Å²) >= 11 is 0. The Morgan fingerprint density at radius 2 is 1.76 bits per heavy atom. The van der Waals surface area contributed by atoms with Crippen LogP contribution in [0.15, 0.2) is 42.5 Å².